The van der Waals surface area contributed by atoms with Crippen LogP contribution in [0.25, 0.3) is 0 Å². The van der Waals surface area contributed by atoms with E-state index in [9.17, 15) is 13.2 Å². The van der Waals surface area contributed by atoms with E-state index in [1.165, 1.54) is 0 Å². The first-order valence-electron chi connectivity index (χ1n) is 5.37. The zero-order valence-corrected chi connectivity index (χ0v) is 10.5. The van der Waals surface area contributed by atoms with Gasteiger partial charge in [-0.15, -0.1) is 0 Å². The van der Waals surface area contributed by atoms with Gasteiger partial charge < -0.3 is 4.43 Å². The first kappa shape index (κ1) is 13.0. The average Bonchev–Trinajstić information content (AvgIpc) is 1.99. The number of alkyl halides is 3. The van der Waals surface area contributed by atoms with E-state index in [2.05, 4.69) is 13.1 Å². The standard InChI is InChI=1S/C10H19F3OSi/c1-10(7-8(11)9(12)13)5-4-6-15(2,3)14-10/h8-9H,4-7H2,1-3H3. The van der Waals surface area contributed by atoms with Crippen molar-refractivity contribution in [3.63, 3.8) is 0 Å². The van der Waals surface area contributed by atoms with Crippen molar-refractivity contribution in [1.82, 2.24) is 0 Å². The van der Waals surface area contributed by atoms with Crippen molar-refractivity contribution in [3.8, 4) is 0 Å². The second-order valence-electron chi connectivity index (χ2n) is 5.22. The molecule has 1 fully saturated rings. The summed E-state index contributed by atoms with van der Waals surface area (Å²) < 4.78 is 43.1. The highest BCUT2D eigenvalue weighted by Crippen LogP contribution is 2.37. The zero-order chi connectivity index (χ0) is 11.7. The third-order valence-electron chi connectivity index (χ3n) is 2.91. The maximum Gasteiger partial charge on any atom is 0.269 e. The minimum atomic E-state index is -2.89. The summed E-state index contributed by atoms with van der Waals surface area (Å²) in [7, 11) is -1.74. The SMILES string of the molecule is CC1(CC(F)C(F)F)CCC[Si](C)(C)O1. The van der Waals surface area contributed by atoms with Crippen molar-refractivity contribution in [2.75, 3.05) is 0 Å². The van der Waals surface area contributed by atoms with E-state index in [-0.39, 0.29) is 6.42 Å². The lowest BCUT2D eigenvalue weighted by Gasteiger charge is -2.43. The molecule has 0 bridgehead atoms. The Morgan fingerprint density at radius 2 is 1.93 bits per heavy atom. The predicted molar refractivity (Wildman–Crippen MR) is 56.5 cm³/mol. The van der Waals surface area contributed by atoms with Crippen LogP contribution < -0.4 is 0 Å². The topological polar surface area (TPSA) is 9.23 Å². The van der Waals surface area contributed by atoms with Gasteiger partial charge in [-0.3, -0.25) is 0 Å². The molecule has 90 valence electrons. The van der Waals surface area contributed by atoms with Crippen molar-refractivity contribution >= 4 is 8.32 Å². The fourth-order valence-electron chi connectivity index (χ4n) is 2.30. The molecule has 1 aliphatic heterocycles. The summed E-state index contributed by atoms with van der Waals surface area (Å²) in [4.78, 5) is 0. The Morgan fingerprint density at radius 3 is 2.40 bits per heavy atom. The lowest BCUT2D eigenvalue weighted by atomic mass is 9.94. The minimum Gasteiger partial charge on any atom is -0.412 e. The van der Waals surface area contributed by atoms with Crippen molar-refractivity contribution in [3.05, 3.63) is 0 Å². The highest BCUT2D eigenvalue weighted by Gasteiger charge is 2.41. The van der Waals surface area contributed by atoms with Crippen molar-refractivity contribution < 1.29 is 17.6 Å². The molecule has 0 aromatic heterocycles. The van der Waals surface area contributed by atoms with Gasteiger partial charge in [-0.2, -0.15) is 0 Å². The lowest BCUT2D eigenvalue weighted by molar-refractivity contribution is -0.0263. The Bertz CT molecular complexity index is 223. The third-order valence-corrected chi connectivity index (χ3v) is 5.51. The molecule has 2 atom stereocenters. The second-order valence-corrected chi connectivity index (χ2v) is 9.44. The molecule has 1 heterocycles. The third kappa shape index (κ3) is 3.79. The fraction of sp³-hybridized carbons (Fsp3) is 1.00. The Hall–Kier alpha value is -0.0331. The summed E-state index contributed by atoms with van der Waals surface area (Å²) >= 11 is 0. The molecule has 0 amide bonds. The quantitative estimate of drug-likeness (QED) is 0.683. The van der Waals surface area contributed by atoms with Gasteiger partial charge >= 0.3 is 0 Å². The smallest absolute Gasteiger partial charge is 0.269 e. The molecule has 15 heavy (non-hydrogen) atoms. The van der Waals surface area contributed by atoms with Gasteiger partial charge in [-0.1, -0.05) is 6.42 Å². The highest BCUT2D eigenvalue weighted by molar-refractivity contribution is 6.71. The molecular formula is C10H19F3OSi. The molecule has 0 spiro atoms. The molecule has 1 aliphatic rings. The van der Waals surface area contributed by atoms with Crippen LogP contribution in [0.1, 0.15) is 26.2 Å². The summed E-state index contributed by atoms with van der Waals surface area (Å²) in [5, 5.41) is 0. The van der Waals surface area contributed by atoms with Crippen molar-refractivity contribution in [1.29, 1.82) is 0 Å². The van der Waals surface area contributed by atoms with Gasteiger partial charge in [0.25, 0.3) is 6.43 Å². The van der Waals surface area contributed by atoms with E-state index in [1.54, 1.807) is 6.92 Å². The largest absolute Gasteiger partial charge is 0.412 e. The van der Waals surface area contributed by atoms with E-state index in [4.69, 9.17) is 4.43 Å². The average molecular weight is 240 g/mol. The Morgan fingerprint density at radius 1 is 1.33 bits per heavy atom. The summed E-state index contributed by atoms with van der Waals surface area (Å²) in [6, 6.07) is 1.04. The molecule has 0 aromatic carbocycles. The first-order valence-corrected chi connectivity index (χ1v) is 8.48. The van der Waals surface area contributed by atoms with Crippen LogP contribution in [-0.2, 0) is 4.43 Å². The number of hydrogen-bond acceptors (Lipinski definition) is 1. The molecule has 0 radical (unpaired) electrons. The van der Waals surface area contributed by atoms with Crippen molar-refractivity contribution in [2.24, 2.45) is 0 Å². The molecule has 0 saturated carbocycles. The second kappa shape index (κ2) is 4.45. The predicted octanol–water partition coefficient (Wildman–Crippen LogP) is 3.75. The molecule has 2 unspecified atom stereocenters. The van der Waals surface area contributed by atoms with Gasteiger partial charge in [0.05, 0.1) is 5.60 Å². The summed E-state index contributed by atoms with van der Waals surface area (Å²) in [6.07, 6.45) is -3.47. The van der Waals surface area contributed by atoms with Gasteiger partial charge in [0.15, 0.2) is 14.5 Å². The maximum absolute atomic E-state index is 13.0. The van der Waals surface area contributed by atoms with Gasteiger partial charge in [0, 0.05) is 6.42 Å². The minimum absolute atomic E-state index is 0.179. The fourth-order valence-corrected chi connectivity index (χ4v) is 4.95. The van der Waals surface area contributed by atoms with E-state index in [1.807, 2.05) is 0 Å². The van der Waals surface area contributed by atoms with E-state index >= 15 is 0 Å². The molecule has 1 saturated heterocycles. The Labute approximate surface area is 90.1 Å². The van der Waals surface area contributed by atoms with Crippen LogP contribution >= 0.6 is 0 Å². The molecule has 0 aliphatic carbocycles. The van der Waals surface area contributed by atoms with Crippen LogP contribution in [0.2, 0.25) is 19.1 Å². The molecule has 0 N–H and O–H groups in total. The number of hydrogen-bond donors (Lipinski definition) is 0. The highest BCUT2D eigenvalue weighted by atomic mass is 28.4. The molecule has 5 heteroatoms. The molecule has 1 rings (SSSR count). The van der Waals surface area contributed by atoms with Crippen LogP contribution in [0.4, 0.5) is 13.2 Å². The Balaban J connectivity index is 2.58. The maximum atomic E-state index is 13.0. The number of rotatable bonds is 3. The molecule has 0 aromatic rings. The monoisotopic (exact) mass is 240 g/mol. The van der Waals surface area contributed by atoms with Crippen LogP contribution in [0.3, 0.4) is 0 Å². The summed E-state index contributed by atoms with van der Waals surface area (Å²) in [5.41, 5.74) is -0.677. The molecular weight excluding hydrogens is 221 g/mol. The van der Waals surface area contributed by atoms with E-state index < -0.39 is 26.5 Å². The Kier molecular flexibility index (Phi) is 3.87. The van der Waals surface area contributed by atoms with Gasteiger partial charge in [0.2, 0.25) is 0 Å². The van der Waals surface area contributed by atoms with Crippen LogP contribution in [-0.4, -0.2) is 26.5 Å². The van der Waals surface area contributed by atoms with Crippen molar-refractivity contribution in [2.45, 2.75) is 63.5 Å². The zero-order valence-electron chi connectivity index (χ0n) is 9.53. The van der Waals surface area contributed by atoms with Crippen LogP contribution in [0.15, 0.2) is 0 Å². The summed E-state index contributed by atoms with van der Waals surface area (Å²) in [6.45, 7) is 5.87. The van der Waals surface area contributed by atoms with Crippen LogP contribution in [0.5, 0.6) is 0 Å². The first-order chi connectivity index (χ1) is 6.74. The van der Waals surface area contributed by atoms with Gasteiger partial charge in [0.1, 0.15) is 0 Å². The van der Waals surface area contributed by atoms with E-state index in [0.29, 0.717) is 6.42 Å². The number of halogens is 3. The van der Waals surface area contributed by atoms with Gasteiger partial charge in [-0.05, 0) is 32.5 Å². The lowest BCUT2D eigenvalue weighted by Crippen LogP contribution is -2.48. The normalized spacial score (nSPS) is 33.0. The summed E-state index contributed by atoms with van der Waals surface area (Å²) in [5.74, 6) is 0. The van der Waals surface area contributed by atoms with Crippen LogP contribution in [0, 0.1) is 0 Å². The molecule has 1 nitrogen and oxygen atoms in total. The van der Waals surface area contributed by atoms with Gasteiger partial charge in [-0.25, -0.2) is 13.2 Å². The van der Waals surface area contributed by atoms with E-state index in [0.717, 1.165) is 12.5 Å².